The van der Waals surface area contributed by atoms with Gasteiger partial charge in [-0.3, -0.25) is 4.98 Å². The van der Waals surface area contributed by atoms with Crippen LogP contribution in [0.2, 0.25) is 0 Å². The molecule has 0 fully saturated rings. The summed E-state index contributed by atoms with van der Waals surface area (Å²) in [5.74, 6) is 7.08. The van der Waals surface area contributed by atoms with Crippen molar-refractivity contribution in [3.05, 3.63) is 60.2 Å². The van der Waals surface area contributed by atoms with E-state index in [9.17, 15) is 4.39 Å². The molecule has 0 radical (unpaired) electrons. The van der Waals surface area contributed by atoms with Crippen LogP contribution in [0.5, 0.6) is 0 Å². The van der Waals surface area contributed by atoms with E-state index in [-0.39, 0.29) is 5.82 Å². The Hall–Kier alpha value is -2.41. The van der Waals surface area contributed by atoms with Crippen LogP contribution in [-0.2, 0) is 6.42 Å². The van der Waals surface area contributed by atoms with Crippen LogP contribution in [0.1, 0.15) is 5.56 Å². The summed E-state index contributed by atoms with van der Waals surface area (Å²) in [4.78, 5) is 3.99. The smallest absolute Gasteiger partial charge is 0.210 e. The predicted octanol–water partition coefficient (Wildman–Crippen LogP) is 2.53. The normalized spacial score (nSPS) is 10.8. The van der Waals surface area contributed by atoms with E-state index < -0.39 is 0 Å². The summed E-state index contributed by atoms with van der Waals surface area (Å²) in [6.45, 7) is 0. The number of halogens is 1. The highest BCUT2D eigenvalue weighted by atomic mass is 32.2. The lowest BCUT2D eigenvalue weighted by molar-refractivity contribution is 0.628. The molecule has 0 atom stereocenters. The Morgan fingerprint density at radius 3 is 2.50 bits per heavy atom. The molecule has 0 saturated heterocycles. The summed E-state index contributed by atoms with van der Waals surface area (Å²) in [5, 5.41) is 8.80. The molecule has 3 aromatic rings. The topological polar surface area (TPSA) is 69.6 Å². The van der Waals surface area contributed by atoms with Crippen LogP contribution in [0.25, 0.3) is 11.4 Å². The summed E-state index contributed by atoms with van der Waals surface area (Å²) in [7, 11) is 0. The highest BCUT2D eigenvalue weighted by molar-refractivity contribution is 7.99. The number of pyridine rings is 1. The molecule has 3 rings (SSSR count). The van der Waals surface area contributed by atoms with Crippen LogP contribution in [-0.4, -0.2) is 25.6 Å². The zero-order chi connectivity index (χ0) is 15.4. The van der Waals surface area contributed by atoms with Crippen molar-refractivity contribution in [2.75, 3.05) is 11.6 Å². The Bertz CT molecular complexity index is 742. The van der Waals surface area contributed by atoms with Gasteiger partial charge in [0.15, 0.2) is 5.82 Å². The Balaban J connectivity index is 1.67. The van der Waals surface area contributed by atoms with E-state index in [1.807, 2.05) is 12.1 Å². The van der Waals surface area contributed by atoms with Gasteiger partial charge in [0.25, 0.3) is 0 Å². The fourth-order valence-corrected chi connectivity index (χ4v) is 2.83. The Morgan fingerprint density at radius 1 is 1.05 bits per heavy atom. The fraction of sp³-hybridized carbons (Fsp3) is 0.133. The first kappa shape index (κ1) is 14.5. The van der Waals surface area contributed by atoms with Crippen molar-refractivity contribution < 1.29 is 4.39 Å². The lowest BCUT2D eigenvalue weighted by Gasteiger charge is -2.04. The van der Waals surface area contributed by atoms with Crippen LogP contribution in [0.15, 0.2) is 53.9 Å². The number of thioether (sulfide) groups is 1. The minimum Gasteiger partial charge on any atom is -0.335 e. The van der Waals surface area contributed by atoms with Gasteiger partial charge in [-0.15, -0.1) is 10.2 Å². The number of aryl methyl sites for hydroxylation is 1. The monoisotopic (exact) mass is 315 g/mol. The third kappa shape index (κ3) is 3.25. The van der Waals surface area contributed by atoms with E-state index in [2.05, 4.69) is 15.2 Å². The summed E-state index contributed by atoms with van der Waals surface area (Å²) in [5.41, 5.74) is 1.95. The number of nitrogens with two attached hydrogens (primary N) is 1. The van der Waals surface area contributed by atoms with Gasteiger partial charge in [0.05, 0.1) is 0 Å². The summed E-state index contributed by atoms with van der Waals surface area (Å²) in [6, 6.07) is 9.98. The van der Waals surface area contributed by atoms with Gasteiger partial charge in [0.2, 0.25) is 5.16 Å². The summed E-state index contributed by atoms with van der Waals surface area (Å²) in [6.07, 6.45) is 4.45. The van der Waals surface area contributed by atoms with Gasteiger partial charge >= 0.3 is 0 Å². The molecule has 5 nitrogen and oxygen atoms in total. The van der Waals surface area contributed by atoms with E-state index in [4.69, 9.17) is 5.84 Å². The molecule has 0 saturated carbocycles. The highest BCUT2D eigenvalue weighted by Crippen LogP contribution is 2.22. The number of nitrogens with zero attached hydrogens (tertiary/aromatic N) is 4. The molecule has 0 unspecified atom stereocenters. The van der Waals surface area contributed by atoms with Gasteiger partial charge in [-0.1, -0.05) is 11.8 Å². The van der Waals surface area contributed by atoms with Crippen molar-refractivity contribution in [3.63, 3.8) is 0 Å². The standard InChI is InChI=1S/C15H14FN5S/c16-13-3-1-12(2-4-13)14-19-20-15(21(14)17)22-10-7-11-5-8-18-9-6-11/h1-6,8-9H,7,10,17H2. The average molecular weight is 315 g/mol. The van der Waals surface area contributed by atoms with Gasteiger partial charge in [-0.25, -0.2) is 9.07 Å². The van der Waals surface area contributed by atoms with Gasteiger partial charge in [-0.2, -0.15) is 0 Å². The van der Waals surface area contributed by atoms with Crippen molar-refractivity contribution in [2.45, 2.75) is 11.6 Å². The predicted molar refractivity (Wildman–Crippen MR) is 84.2 cm³/mol. The van der Waals surface area contributed by atoms with E-state index >= 15 is 0 Å². The zero-order valence-electron chi connectivity index (χ0n) is 11.7. The molecule has 22 heavy (non-hydrogen) atoms. The lowest BCUT2D eigenvalue weighted by atomic mass is 10.2. The first-order valence-corrected chi connectivity index (χ1v) is 7.71. The number of hydrogen-bond acceptors (Lipinski definition) is 5. The molecular weight excluding hydrogens is 301 g/mol. The van der Waals surface area contributed by atoms with Crippen LogP contribution in [0.3, 0.4) is 0 Å². The minimum atomic E-state index is -0.293. The van der Waals surface area contributed by atoms with Gasteiger partial charge < -0.3 is 5.84 Å². The summed E-state index contributed by atoms with van der Waals surface area (Å²) < 4.78 is 14.4. The molecule has 0 aliphatic rings. The lowest BCUT2D eigenvalue weighted by Crippen LogP contribution is -2.11. The quantitative estimate of drug-likeness (QED) is 0.579. The molecule has 0 aliphatic carbocycles. The first-order chi connectivity index (χ1) is 10.7. The average Bonchev–Trinajstić information content (AvgIpc) is 2.90. The maximum Gasteiger partial charge on any atom is 0.210 e. The van der Waals surface area contributed by atoms with Crippen molar-refractivity contribution in [1.29, 1.82) is 0 Å². The third-order valence-corrected chi connectivity index (χ3v) is 4.08. The second kappa shape index (κ2) is 6.57. The van der Waals surface area contributed by atoms with Crippen LogP contribution in [0, 0.1) is 5.82 Å². The molecule has 0 spiro atoms. The highest BCUT2D eigenvalue weighted by Gasteiger charge is 2.12. The van der Waals surface area contributed by atoms with E-state index in [1.165, 1.54) is 34.1 Å². The number of hydrogen-bond donors (Lipinski definition) is 1. The Kier molecular flexibility index (Phi) is 4.34. The molecule has 0 bridgehead atoms. The van der Waals surface area contributed by atoms with Crippen molar-refractivity contribution in [3.8, 4) is 11.4 Å². The van der Waals surface area contributed by atoms with E-state index in [0.717, 1.165) is 17.7 Å². The molecule has 7 heteroatoms. The summed E-state index contributed by atoms with van der Waals surface area (Å²) >= 11 is 1.53. The van der Waals surface area contributed by atoms with Gasteiger partial charge in [0, 0.05) is 23.7 Å². The molecule has 2 N–H and O–H groups in total. The van der Waals surface area contributed by atoms with Crippen LogP contribution < -0.4 is 5.84 Å². The maximum absolute atomic E-state index is 13.0. The first-order valence-electron chi connectivity index (χ1n) is 6.72. The SMILES string of the molecule is Nn1c(SCCc2ccncc2)nnc1-c1ccc(F)cc1. The van der Waals surface area contributed by atoms with Crippen molar-refractivity contribution in [2.24, 2.45) is 0 Å². The van der Waals surface area contributed by atoms with E-state index in [1.54, 1.807) is 24.5 Å². The molecule has 0 aliphatic heterocycles. The number of benzene rings is 1. The molecule has 0 amide bonds. The Morgan fingerprint density at radius 2 is 1.77 bits per heavy atom. The van der Waals surface area contributed by atoms with Crippen LogP contribution >= 0.6 is 11.8 Å². The molecule has 2 heterocycles. The van der Waals surface area contributed by atoms with Gasteiger partial charge in [0.1, 0.15) is 5.82 Å². The van der Waals surface area contributed by atoms with Crippen LogP contribution in [0.4, 0.5) is 4.39 Å². The zero-order valence-corrected chi connectivity index (χ0v) is 12.5. The second-order valence-electron chi connectivity index (χ2n) is 4.64. The number of aromatic nitrogens is 4. The maximum atomic E-state index is 13.0. The molecule has 112 valence electrons. The molecule has 2 aromatic heterocycles. The third-order valence-electron chi connectivity index (χ3n) is 3.14. The molecule has 1 aromatic carbocycles. The Labute approximate surface area is 131 Å². The van der Waals surface area contributed by atoms with E-state index in [0.29, 0.717) is 11.0 Å². The van der Waals surface area contributed by atoms with Crippen molar-refractivity contribution >= 4 is 11.8 Å². The molecular formula is C15H14FN5S. The second-order valence-corrected chi connectivity index (χ2v) is 5.70. The van der Waals surface area contributed by atoms with Gasteiger partial charge in [-0.05, 0) is 48.4 Å². The largest absolute Gasteiger partial charge is 0.335 e. The fourth-order valence-electron chi connectivity index (χ4n) is 1.98. The number of rotatable bonds is 5. The van der Waals surface area contributed by atoms with Crippen molar-refractivity contribution in [1.82, 2.24) is 19.9 Å². The minimum absolute atomic E-state index is 0.293. The number of nitrogen functional groups attached to an aromatic ring is 1.